The molecule has 2 amide bonds. The minimum Gasteiger partial charge on any atom is -0.497 e. The number of halogens is 1. The van der Waals surface area contributed by atoms with Gasteiger partial charge in [0.2, 0.25) is 11.8 Å². The Hall–Kier alpha value is -2.97. The SMILES string of the molecule is COc1ccc(-n2nc(C(C)(C)C)c3c2N(CC(=O)NC(C)C)C(=O)CS[C@@H]3c2cccc(Cl)c2)cc1. The largest absolute Gasteiger partial charge is 0.497 e. The second kappa shape index (κ2) is 10.8. The predicted octanol–water partition coefficient (Wildman–Crippen LogP) is 5.53. The molecule has 7 nitrogen and oxygen atoms in total. The number of nitrogens with zero attached hydrogens (tertiary/aromatic N) is 3. The maximum Gasteiger partial charge on any atom is 0.240 e. The molecule has 1 aliphatic rings. The van der Waals surface area contributed by atoms with Crippen LogP contribution in [0, 0.1) is 0 Å². The van der Waals surface area contributed by atoms with E-state index in [1.807, 2.05) is 62.4 Å². The Balaban J connectivity index is 2.00. The van der Waals surface area contributed by atoms with Crippen molar-refractivity contribution in [2.45, 2.75) is 51.3 Å². The second-order valence-corrected chi connectivity index (χ2v) is 11.9. The topological polar surface area (TPSA) is 76.5 Å². The number of aromatic nitrogens is 2. The van der Waals surface area contributed by atoms with Gasteiger partial charge in [0.25, 0.3) is 0 Å². The van der Waals surface area contributed by atoms with Gasteiger partial charge in [0.15, 0.2) is 0 Å². The average Bonchev–Trinajstić information content (AvgIpc) is 3.17. The van der Waals surface area contributed by atoms with Crippen molar-refractivity contribution < 1.29 is 14.3 Å². The van der Waals surface area contributed by atoms with Gasteiger partial charge in [-0.05, 0) is 55.8 Å². The van der Waals surface area contributed by atoms with Crippen molar-refractivity contribution in [2.75, 3.05) is 24.3 Å². The van der Waals surface area contributed by atoms with Crippen LogP contribution in [0.25, 0.3) is 5.69 Å². The fourth-order valence-corrected chi connectivity index (χ4v) is 5.81. The Morgan fingerprint density at radius 1 is 1.22 bits per heavy atom. The fourth-order valence-electron chi connectivity index (χ4n) is 4.42. The summed E-state index contributed by atoms with van der Waals surface area (Å²) in [7, 11) is 1.62. The normalized spacial score (nSPS) is 15.9. The van der Waals surface area contributed by atoms with Crippen LogP contribution in [-0.2, 0) is 15.0 Å². The fraction of sp³-hybridized carbons (Fsp3) is 0.393. The van der Waals surface area contributed by atoms with E-state index < -0.39 is 0 Å². The van der Waals surface area contributed by atoms with Gasteiger partial charge < -0.3 is 10.1 Å². The van der Waals surface area contributed by atoms with Crippen molar-refractivity contribution in [3.63, 3.8) is 0 Å². The van der Waals surface area contributed by atoms with Gasteiger partial charge in [0, 0.05) is 22.0 Å². The minimum absolute atomic E-state index is 0.0423. The van der Waals surface area contributed by atoms with Crippen molar-refractivity contribution in [1.29, 1.82) is 0 Å². The van der Waals surface area contributed by atoms with E-state index in [9.17, 15) is 9.59 Å². The van der Waals surface area contributed by atoms with E-state index in [0.29, 0.717) is 10.8 Å². The third kappa shape index (κ3) is 5.80. The monoisotopic (exact) mass is 540 g/mol. The summed E-state index contributed by atoms with van der Waals surface area (Å²) in [4.78, 5) is 28.1. The van der Waals surface area contributed by atoms with Crippen molar-refractivity contribution in [3.05, 3.63) is 70.4 Å². The number of amides is 2. The van der Waals surface area contributed by atoms with Gasteiger partial charge in [-0.25, -0.2) is 4.68 Å². The van der Waals surface area contributed by atoms with E-state index in [1.54, 1.807) is 16.7 Å². The molecule has 1 atom stereocenters. The summed E-state index contributed by atoms with van der Waals surface area (Å²) in [5.41, 5.74) is 3.20. The number of hydrogen-bond donors (Lipinski definition) is 1. The second-order valence-electron chi connectivity index (χ2n) is 10.4. The van der Waals surface area contributed by atoms with Gasteiger partial charge in [-0.15, -0.1) is 11.8 Å². The zero-order valence-electron chi connectivity index (χ0n) is 22.0. The molecule has 2 aromatic carbocycles. The molecule has 1 aromatic heterocycles. The van der Waals surface area contributed by atoms with Crippen LogP contribution in [0.1, 0.15) is 56.7 Å². The number of thioether (sulfide) groups is 1. The van der Waals surface area contributed by atoms with Crippen LogP contribution in [0.4, 0.5) is 5.82 Å². The summed E-state index contributed by atoms with van der Waals surface area (Å²) in [6.45, 7) is 10.0. The number of carbonyl (C=O) groups is 2. The van der Waals surface area contributed by atoms with Crippen LogP contribution < -0.4 is 15.0 Å². The van der Waals surface area contributed by atoms with Crippen LogP contribution in [0.2, 0.25) is 5.02 Å². The molecule has 0 bridgehead atoms. The lowest BCUT2D eigenvalue weighted by Crippen LogP contribution is -2.44. The van der Waals surface area contributed by atoms with Crippen LogP contribution in [0.3, 0.4) is 0 Å². The Bertz CT molecular complexity index is 1300. The molecule has 0 aliphatic carbocycles. The summed E-state index contributed by atoms with van der Waals surface area (Å²) in [6.07, 6.45) is 0. The number of hydrogen-bond acceptors (Lipinski definition) is 5. The Morgan fingerprint density at radius 3 is 2.51 bits per heavy atom. The molecule has 1 aliphatic heterocycles. The number of methoxy groups -OCH3 is 1. The number of rotatable bonds is 6. The number of ether oxygens (including phenoxy) is 1. The zero-order valence-corrected chi connectivity index (χ0v) is 23.6. The number of nitrogens with one attached hydrogen (secondary N) is 1. The molecule has 0 saturated carbocycles. The molecule has 0 unspecified atom stereocenters. The van der Waals surface area contributed by atoms with Crippen molar-refractivity contribution in [1.82, 2.24) is 15.1 Å². The van der Waals surface area contributed by atoms with Gasteiger partial charge in [-0.3, -0.25) is 14.5 Å². The van der Waals surface area contributed by atoms with Crippen LogP contribution >= 0.6 is 23.4 Å². The Labute approximate surface area is 227 Å². The highest BCUT2D eigenvalue weighted by Gasteiger charge is 2.40. The lowest BCUT2D eigenvalue weighted by Gasteiger charge is -2.25. The highest BCUT2D eigenvalue weighted by atomic mass is 35.5. The lowest BCUT2D eigenvalue weighted by molar-refractivity contribution is -0.123. The van der Waals surface area contributed by atoms with E-state index in [2.05, 4.69) is 26.1 Å². The first-order chi connectivity index (χ1) is 17.5. The number of carbonyl (C=O) groups excluding carboxylic acids is 2. The number of benzene rings is 2. The van der Waals surface area contributed by atoms with E-state index in [0.717, 1.165) is 28.3 Å². The Kier molecular flexibility index (Phi) is 7.90. The van der Waals surface area contributed by atoms with Gasteiger partial charge in [0.05, 0.1) is 29.5 Å². The molecule has 0 radical (unpaired) electrons. The summed E-state index contributed by atoms with van der Waals surface area (Å²) in [5, 5.41) is 8.44. The Morgan fingerprint density at radius 2 is 1.92 bits per heavy atom. The highest BCUT2D eigenvalue weighted by molar-refractivity contribution is 8.00. The molecular weight excluding hydrogens is 508 g/mol. The highest BCUT2D eigenvalue weighted by Crippen LogP contribution is 2.48. The molecule has 0 fully saturated rings. The maximum absolute atomic E-state index is 13.6. The predicted molar refractivity (Wildman–Crippen MR) is 150 cm³/mol. The molecule has 0 spiro atoms. The van der Waals surface area contributed by atoms with Crippen molar-refractivity contribution in [2.24, 2.45) is 0 Å². The quantitative estimate of drug-likeness (QED) is 0.445. The van der Waals surface area contributed by atoms with E-state index in [4.69, 9.17) is 21.4 Å². The molecule has 1 N–H and O–H groups in total. The molecule has 2 heterocycles. The smallest absolute Gasteiger partial charge is 0.240 e. The van der Waals surface area contributed by atoms with Gasteiger partial charge in [-0.2, -0.15) is 5.10 Å². The van der Waals surface area contributed by atoms with Gasteiger partial charge in [0.1, 0.15) is 18.1 Å². The third-order valence-corrected chi connectivity index (χ3v) is 7.51. The lowest BCUT2D eigenvalue weighted by atomic mass is 9.87. The standard InChI is InChI=1S/C28H33ClN4O3S/c1-17(2)30-22(34)15-32-23(35)16-37-25(18-8-7-9-19(29)14-18)24-26(28(3,4)5)31-33(27(24)32)20-10-12-21(36-6)13-11-20/h7-14,17,25H,15-16H2,1-6H3,(H,30,34)/t25-/m1/s1. The third-order valence-electron chi connectivity index (χ3n) is 6.02. The van der Waals surface area contributed by atoms with Crippen molar-refractivity contribution >= 4 is 41.0 Å². The molecule has 4 rings (SSSR count). The minimum atomic E-state index is -0.335. The number of anilines is 1. The number of fused-ring (bicyclic) bond motifs is 1. The maximum atomic E-state index is 13.6. The van der Waals surface area contributed by atoms with E-state index in [-0.39, 0.29) is 40.8 Å². The summed E-state index contributed by atoms with van der Waals surface area (Å²) >= 11 is 7.93. The molecule has 0 saturated heterocycles. The van der Waals surface area contributed by atoms with Crippen molar-refractivity contribution in [3.8, 4) is 11.4 Å². The summed E-state index contributed by atoms with van der Waals surface area (Å²) < 4.78 is 7.14. The zero-order chi connectivity index (χ0) is 26.9. The van der Waals surface area contributed by atoms with Crippen LogP contribution in [-0.4, -0.2) is 47.0 Å². The summed E-state index contributed by atoms with van der Waals surface area (Å²) in [5.74, 6) is 1.17. The first kappa shape index (κ1) is 27.1. The van der Waals surface area contributed by atoms with Gasteiger partial charge in [-0.1, -0.05) is 44.5 Å². The van der Waals surface area contributed by atoms with Crippen LogP contribution in [0.15, 0.2) is 48.5 Å². The first-order valence-electron chi connectivity index (χ1n) is 12.2. The van der Waals surface area contributed by atoms with Gasteiger partial charge >= 0.3 is 0 Å². The summed E-state index contributed by atoms with van der Waals surface area (Å²) in [6, 6.07) is 15.2. The molecule has 196 valence electrons. The molecule has 3 aromatic rings. The molecular formula is C28H33ClN4O3S. The average molecular weight is 541 g/mol. The van der Waals surface area contributed by atoms with Crippen LogP contribution in [0.5, 0.6) is 5.75 Å². The molecule has 9 heteroatoms. The first-order valence-corrected chi connectivity index (χ1v) is 13.7. The van der Waals surface area contributed by atoms with E-state index in [1.165, 1.54) is 11.8 Å². The van der Waals surface area contributed by atoms with E-state index >= 15 is 0 Å². The molecule has 37 heavy (non-hydrogen) atoms.